The molecule has 0 unspecified atom stereocenters. The fourth-order valence-corrected chi connectivity index (χ4v) is 3.15. The van der Waals surface area contributed by atoms with Gasteiger partial charge in [-0.25, -0.2) is 9.78 Å². The third-order valence-electron chi connectivity index (χ3n) is 4.18. The van der Waals surface area contributed by atoms with E-state index in [0.29, 0.717) is 5.82 Å². The molecule has 0 saturated heterocycles. The maximum Gasteiger partial charge on any atom is 0.354 e. The number of imidazole rings is 1. The van der Waals surface area contributed by atoms with E-state index in [0.717, 1.165) is 22.3 Å². The number of benzene rings is 2. The first kappa shape index (κ1) is 16.9. The lowest BCUT2D eigenvalue weighted by atomic mass is 9.95. The van der Waals surface area contributed by atoms with E-state index in [1.54, 1.807) is 0 Å². The third kappa shape index (κ3) is 3.18. The van der Waals surface area contributed by atoms with Crippen molar-refractivity contribution in [2.45, 2.75) is 6.54 Å². The second-order valence-corrected chi connectivity index (χ2v) is 6.08. The van der Waals surface area contributed by atoms with Crippen molar-refractivity contribution in [2.24, 2.45) is 0 Å². The Hall–Kier alpha value is -3.52. The highest BCUT2D eigenvalue weighted by molar-refractivity contribution is 6.28. The number of halogens is 1. The molecule has 2 N–H and O–H groups in total. The van der Waals surface area contributed by atoms with Gasteiger partial charge in [-0.2, -0.15) is 5.21 Å². The van der Waals surface area contributed by atoms with Gasteiger partial charge in [0.2, 0.25) is 11.1 Å². The highest BCUT2D eigenvalue weighted by Gasteiger charge is 2.18. The summed E-state index contributed by atoms with van der Waals surface area (Å²) in [4.78, 5) is 15.4. The molecule has 0 fully saturated rings. The lowest BCUT2D eigenvalue weighted by Crippen LogP contribution is -2.10. The normalized spacial score (nSPS) is 10.9. The summed E-state index contributed by atoms with van der Waals surface area (Å²) in [6.07, 6.45) is 1.25. The molecule has 0 radical (unpaired) electrons. The zero-order valence-corrected chi connectivity index (χ0v) is 14.6. The molecule has 0 aliphatic heterocycles. The number of H-pyrrole nitrogens is 1. The molecule has 0 amide bonds. The van der Waals surface area contributed by atoms with E-state index in [4.69, 9.17) is 11.6 Å². The van der Waals surface area contributed by atoms with E-state index >= 15 is 0 Å². The van der Waals surface area contributed by atoms with Gasteiger partial charge in [0, 0.05) is 5.56 Å². The number of hydrogen-bond donors (Lipinski definition) is 2. The van der Waals surface area contributed by atoms with Gasteiger partial charge in [-0.05, 0) is 33.5 Å². The Labute approximate surface area is 158 Å². The predicted octanol–water partition coefficient (Wildman–Crippen LogP) is 3.13. The number of hydrogen-bond acceptors (Lipinski definition) is 5. The number of carbonyl (C=O) groups is 1. The van der Waals surface area contributed by atoms with E-state index in [1.807, 2.05) is 48.5 Å². The fourth-order valence-electron chi connectivity index (χ4n) is 2.95. The second kappa shape index (κ2) is 7.00. The van der Waals surface area contributed by atoms with Crippen LogP contribution in [0, 0.1) is 0 Å². The van der Waals surface area contributed by atoms with Gasteiger partial charge in [-0.1, -0.05) is 48.5 Å². The molecule has 0 aliphatic rings. The number of aromatic carboxylic acids is 1. The Bertz CT molecular complexity index is 1110. The van der Waals surface area contributed by atoms with Gasteiger partial charge in [-0.3, -0.25) is 0 Å². The molecule has 0 bridgehead atoms. The Morgan fingerprint density at radius 1 is 1.07 bits per heavy atom. The van der Waals surface area contributed by atoms with Crippen molar-refractivity contribution >= 4 is 17.6 Å². The van der Waals surface area contributed by atoms with Crippen LogP contribution in [-0.4, -0.2) is 41.3 Å². The summed E-state index contributed by atoms with van der Waals surface area (Å²) in [5.74, 6) is -0.605. The van der Waals surface area contributed by atoms with Crippen molar-refractivity contribution in [2.75, 3.05) is 0 Å². The maximum absolute atomic E-state index is 11.4. The Morgan fingerprint density at radius 3 is 2.48 bits per heavy atom. The topological polar surface area (TPSA) is 110 Å². The first-order chi connectivity index (χ1) is 13.1. The summed E-state index contributed by atoms with van der Waals surface area (Å²) >= 11 is 6.11. The van der Waals surface area contributed by atoms with Crippen LogP contribution < -0.4 is 0 Å². The second-order valence-electron chi connectivity index (χ2n) is 5.74. The monoisotopic (exact) mass is 380 g/mol. The summed E-state index contributed by atoms with van der Waals surface area (Å²) in [7, 11) is 0. The number of aromatic amines is 1. The molecule has 134 valence electrons. The molecule has 0 spiro atoms. The molecule has 8 nitrogen and oxygen atoms in total. The molecule has 4 aromatic rings. The number of nitrogens with zero attached hydrogens (tertiary/aromatic N) is 5. The van der Waals surface area contributed by atoms with Gasteiger partial charge < -0.3 is 9.67 Å². The molecule has 2 aromatic heterocycles. The van der Waals surface area contributed by atoms with Crippen LogP contribution in [0.4, 0.5) is 0 Å². The summed E-state index contributed by atoms with van der Waals surface area (Å²) in [5.41, 5.74) is 3.55. The van der Waals surface area contributed by atoms with Crippen LogP contribution in [0.5, 0.6) is 0 Å². The van der Waals surface area contributed by atoms with Gasteiger partial charge in [0.25, 0.3) is 0 Å². The first-order valence-electron chi connectivity index (χ1n) is 8.00. The smallest absolute Gasteiger partial charge is 0.354 e. The van der Waals surface area contributed by atoms with Gasteiger partial charge in [0.05, 0.1) is 12.7 Å². The number of aromatic nitrogens is 6. The molecule has 2 heterocycles. The van der Waals surface area contributed by atoms with Crippen molar-refractivity contribution in [1.82, 2.24) is 30.2 Å². The molecule has 0 aliphatic carbocycles. The van der Waals surface area contributed by atoms with Crippen LogP contribution in [0.3, 0.4) is 0 Å². The number of tetrazole rings is 1. The third-order valence-corrected chi connectivity index (χ3v) is 4.48. The van der Waals surface area contributed by atoms with Crippen LogP contribution >= 0.6 is 11.6 Å². The number of carboxylic acid groups (broad SMARTS) is 1. The molecule has 9 heteroatoms. The van der Waals surface area contributed by atoms with Crippen molar-refractivity contribution in [3.05, 3.63) is 71.3 Å². The minimum atomic E-state index is -1.08. The fraction of sp³-hybridized carbons (Fsp3) is 0.0556. The molecule has 2 aromatic carbocycles. The van der Waals surface area contributed by atoms with Crippen LogP contribution in [0.1, 0.15) is 16.1 Å². The highest BCUT2D eigenvalue weighted by atomic mass is 35.5. The molecular weight excluding hydrogens is 368 g/mol. The van der Waals surface area contributed by atoms with Crippen LogP contribution in [0.15, 0.2) is 54.7 Å². The van der Waals surface area contributed by atoms with Gasteiger partial charge >= 0.3 is 5.97 Å². The number of nitrogens with one attached hydrogen (secondary N) is 1. The summed E-state index contributed by atoms with van der Waals surface area (Å²) in [5, 5.41) is 23.7. The number of rotatable bonds is 5. The largest absolute Gasteiger partial charge is 0.477 e. The van der Waals surface area contributed by atoms with E-state index in [-0.39, 0.29) is 17.5 Å². The summed E-state index contributed by atoms with van der Waals surface area (Å²) in [6.45, 7) is 0.261. The van der Waals surface area contributed by atoms with E-state index < -0.39 is 5.97 Å². The molecule has 0 saturated carbocycles. The highest BCUT2D eigenvalue weighted by Crippen LogP contribution is 2.32. The Balaban J connectivity index is 1.83. The Morgan fingerprint density at radius 2 is 1.78 bits per heavy atom. The zero-order chi connectivity index (χ0) is 18.8. The standard InChI is InChI=1S/C18H13ClN6O2/c19-18-20-9-15(17(26)27)25(18)10-11-5-1-2-6-12(11)13-7-3-4-8-14(13)16-21-23-24-22-16/h1-9H,10H2,(H,26,27)(H,21,22,23,24). The van der Waals surface area contributed by atoms with E-state index in [9.17, 15) is 9.90 Å². The molecule has 0 atom stereocenters. The minimum absolute atomic E-state index is 0.0289. The molecular formula is C18H13ClN6O2. The van der Waals surface area contributed by atoms with Crippen LogP contribution in [-0.2, 0) is 6.54 Å². The maximum atomic E-state index is 11.4. The van der Waals surface area contributed by atoms with Crippen molar-refractivity contribution in [3.63, 3.8) is 0 Å². The van der Waals surface area contributed by atoms with Crippen LogP contribution in [0.25, 0.3) is 22.5 Å². The average Bonchev–Trinajstić information content (AvgIpc) is 3.33. The first-order valence-corrected chi connectivity index (χ1v) is 8.38. The summed E-state index contributed by atoms with van der Waals surface area (Å²) < 4.78 is 1.46. The van der Waals surface area contributed by atoms with Gasteiger partial charge in [0.15, 0.2) is 0 Å². The number of carboxylic acids is 1. The predicted molar refractivity (Wildman–Crippen MR) is 98.3 cm³/mol. The molecule has 4 rings (SSSR count). The van der Waals surface area contributed by atoms with Crippen molar-refractivity contribution < 1.29 is 9.90 Å². The average molecular weight is 381 g/mol. The van der Waals surface area contributed by atoms with Gasteiger partial charge in [-0.15, -0.1) is 10.2 Å². The molecule has 27 heavy (non-hydrogen) atoms. The summed E-state index contributed by atoms with van der Waals surface area (Å²) in [6, 6.07) is 15.4. The van der Waals surface area contributed by atoms with Crippen molar-refractivity contribution in [3.8, 4) is 22.5 Å². The lowest BCUT2D eigenvalue weighted by Gasteiger charge is -2.14. The van der Waals surface area contributed by atoms with Gasteiger partial charge in [0.1, 0.15) is 5.69 Å². The van der Waals surface area contributed by atoms with Crippen LogP contribution in [0.2, 0.25) is 5.28 Å². The van der Waals surface area contributed by atoms with E-state index in [2.05, 4.69) is 25.6 Å². The van der Waals surface area contributed by atoms with Crippen molar-refractivity contribution in [1.29, 1.82) is 0 Å². The quantitative estimate of drug-likeness (QED) is 0.550. The SMILES string of the molecule is O=C(O)c1cnc(Cl)n1Cc1ccccc1-c1ccccc1-c1nn[nH]n1. The zero-order valence-electron chi connectivity index (χ0n) is 13.9. The minimum Gasteiger partial charge on any atom is -0.477 e. The Kier molecular flexibility index (Phi) is 4.39. The lowest BCUT2D eigenvalue weighted by molar-refractivity contribution is 0.0685. The van der Waals surface area contributed by atoms with E-state index in [1.165, 1.54) is 10.8 Å².